The van der Waals surface area contributed by atoms with Crippen LogP contribution in [0, 0.1) is 12.8 Å². The van der Waals surface area contributed by atoms with E-state index in [0.717, 1.165) is 60.1 Å². The number of nitrogens with zero attached hydrogens (tertiary/aromatic N) is 5. The van der Waals surface area contributed by atoms with E-state index in [9.17, 15) is 4.79 Å². The van der Waals surface area contributed by atoms with Gasteiger partial charge in [-0.3, -0.25) is 4.79 Å². The number of carbonyl (C=O) groups excluding carboxylic acids is 1. The largest absolute Gasteiger partial charge is 0.457 e. The van der Waals surface area contributed by atoms with Gasteiger partial charge in [0.05, 0.1) is 0 Å². The van der Waals surface area contributed by atoms with E-state index in [1.807, 2.05) is 67.6 Å². The molecule has 1 saturated heterocycles. The van der Waals surface area contributed by atoms with Gasteiger partial charge in [-0.1, -0.05) is 12.1 Å². The summed E-state index contributed by atoms with van der Waals surface area (Å²) in [7, 11) is 0. The predicted octanol–water partition coefficient (Wildman–Crippen LogP) is 4.08. The SMILES string of the molecule is Cc1cccc(Oc2ccc(NC(=O)C3CCN(c4ccc5nncn5n4)CC3)cc2)c1. The molecule has 0 unspecified atom stereocenters. The number of carbonyl (C=O) groups is 1. The fourth-order valence-electron chi connectivity index (χ4n) is 3.92. The molecular weight excluding hydrogens is 404 g/mol. The third-order valence-electron chi connectivity index (χ3n) is 5.68. The number of ether oxygens (including phenoxy) is 1. The van der Waals surface area contributed by atoms with Crippen LogP contribution < -0.4 is 15.0 Å². The lowest BCUT2D eigenvalue weighted by atomic mass is 9.96. The first kappa shape index (κ1) is 20.0. The van der Waals surface area contributed by atoms with Gasteiger partial charge in [0.25, 0.3) is 0 Å². The third-order valence-corrected chi connectivity index (χ3v) is 5.68. The maximum Gasteiger partial charge on any atom is 0.227 e. The quantitative estimate of drug-likeness (QED) is 0.516. The molecule has 0 saturated carbocycles. The summed E-state index contributed by atoms with van der Waals surface area (Å²) in [6.07, 6.45) is 3.15. The van der Waals surface area contributed by atoms with Crippen molar-refractivity contribution >= 4 is 23.1 Å². The van der Waals surface area contributed by atoms with Gasteiger partial charge >= 0.3 is 0 Å². The molecule has 0 atom stereocenters. The highest BCUT2D eigenvalue weighted by Gasteiger charge is 2.26. The normalized spacial score (nSPS) is 14.5. The second-order valence-electron chi connectivity index (χ2n) is 8.02. The molecule has 1 N–H and O–H groups in total. The van der Waals surface area contributed by atoms with Crippen LogP contribution in [0.1, 0.15) is 18.4 Å². The van der Waals surface area contributed by atoms with Crippen molar-refractivity contribution in [3.63, 3.8) is 0 Å². The smallest absolute Gasteiger partial charge is 0.227 e. The summed E-state index contributed by atoms with van der Waals surface area (Å²) in [6.45, 7) is 3.59. The first-order valence-electron chi connectivity index (χ1n) is 10.7. The minimum absolute atomic E-state index is 0.0203. The van der Waals surface area contributed by atoms with E-state index in [0.29, 0.717) is 0 Å². The highest BCUT2D eigenvalue weighted by Crippen LogP contribution is 2.26. The number of aryl methyl sites for hydroxylation is 1. The molecule has 8 nitrogen and oxygen atoms in total. The zero-order valence-electron chi connectivity index (χ0n) is 17.8. The minimum atomic E-state index is -0.0203. The van der Waals surface area contributed by atoms with Gasteiger partial charge in [-0.15, -0.1) is 15.3 Å². The predicted molar refractivity (Wildman–Crippen MR) is 122 cm³/mol. The molecule has 0 aliphatic carbocycles. The van der Waals surface area contributed by atoms with Crippen LogP contribution in [-0.4, -0.2) is 38.8 Å². The Hall–Kier alpha value is -3.94. The van der Waals surface area contributed by atoms with Gasteiger partial charge in [-0.25, -0.2) is 0 Å². The van der Waals surface area contributed by atoms with Crippen molar-refractivity contribution in [1.29, 1.82) is 0 Å². The van der Waals surface area contributed by atoms with Crippen LogP contribution in [0.4, 0.5) is 11.5 Å². The molecule has 3 heterocycles. The first-order chi connectivity index (χ1) is 15.6. The lowest BCUT2D eigenvalue weighted by Crippen LogP contribution is -2.38. The van der Waals surface area contributed by atoms with Gasteiger partial charge in [-0.2, -0.15) is 4.52 Å². The molecule has 2 aromatic heterocycles. The zero-order valence-corrected chi connectivity index (χ0v) is 17.8. The van der Waals surface area contributed by atoms with E-state index >= 15 is 0 Å². The van der Waals surface area contributed by atoms with E-state index in [4.69, 9.17) is 4.74 Å². The Balaban J connectivity index is 1.15. The van der Waals surface area contributed by atoms with Crippen LogP contribution >= 0.6 is 0 Å². The van der Waals surface area contributed by atoms with E-state index in [2.05, 4.69) is 25.5 Å². The average Bonchev–Trinajstić information content (AvgIpc) is 3.28. The van der Waals surface area contributed by atoms with Crippen LogP contribution in [-0.2, 0) is 4.79 Å². The number of fused-ring (bicyclic) bond motifs is 1. The molecular formula is C24H24N6O2. The Morgan fingerprint density at radius 1 is 1.03 bits per heavy atom. The van der Waals surface area contributed by atoms with Crippen molar-refractivity contribution in [3.8, 4) is 11.5 Å². The number of hydrogen-bond acceptors (Lipinski definition) is 6. The highest BCUT2D eigenvalue weighted by atomic mass is 16.5. The monoisotopic (exact) mass is 428 g/mol. The summed E-state index contributed by atoms with van der Waals surface area (Å²) in [5, 5.41) is 15.4. The summed E-state index contributed by atoms with van der Waals surface area (Å²) >= 11 is 0. The fourth-order valence-corrected chi connectivity index (χ4v) is 3.92. The average molecular weight is 428 g/mol. The van der Waals surface area contributed by atoms with Crippen LogP contribution in [0.5, 0.6) is 11.5 Å². The lowest BCUT2D eigenvalue weighted by Gasteiger charge is -2.32. The molecule has 1 aliphatic rings. The molecule has 1 fully saturated rings. The molecule has 32 heavy (non-hydrogen) atoms. The maximum atomic E-state index is 12.8. The Kier molecular flexibility index (Phi) is 5.41. The summed E-state index contributed by atoms with van der Waals surface area (Å²) in [4.78, 5) is 15.0. The molecule has 4 aromatic rings. The number of hydrogen-bond donors (Lipinski definition) is 1. The molecule has 0 bridgehead atoms. The van der Waals surface area contributed by atoms with Gasteiger partial charge in [0, 0.05) is 24.7 Å². The Bertz CT molecular complexity index is 1230. The van der Waals surface area contributed by atoms with Crippen molar-refractivity contribution in [3.05, 3.63) is 72.6 Å². The topological polar surface area (TPSA) is 84.6 Å². The minimum Gasteiger partial charge on any atom is -0.457 e. The van der Waals surface area contributed by atoms with E-state index in [1.165, 1.54) is 0 Å². The number of piperidine rings is 1. The standard InChI is InChI=1S/C24H24N6O2/c1-17-3-2-4-21(15-17)32-20-7-5-19(6-8-20)26-24(31)18-11-13-29(14-12-18)23-10-9-22-27-25-16-30(22)28-23/h2-10,15-16,18H,11-14H2,1H3,(H,26,31). The number of anilines is 2. The fraction of sp³-hybridized carbons (Fsp3) is 0.250. The van der Waals surface area contributed by atoms with Crippen molar-refractivity contribution < 1.29 is 9.53 Å². The molecule has 1 aliphatic heterocycles. The second-order valence-corrected chi connectivity index (χ2v) is 8.02. The van der Waals surface area contributed by atoms with Crippen LogP contribution in [0.25, 0.3) is 5.65 Å². The van der Waals surface area contributed by atoms with E-state index < -0.39 is 0 Å². The number of benzene rings is 2. The lowest BCUT2D eigenvalue weighted by molar-refractivity contribution is -0.120. The Morgan fingerprint density at radius 3 is 2.62 bits per heavy atom. The molecule has 0 radical (unpaired) electrons. The van der Waals surface area contributed by atoms with Crippen molar-refractivity contribution in [2.75, 3.05) is 23.3 Å². The number of rotatable bonds is 5. The first-order valence-corrected chi connectivity index (χ1v) is 10.7. The summed E-state index contributed by atoms with van der Waals surface area (Å²) < 4.78 is 7.54. The van der Waals surface area contributed by atoms with Gasteiger partial charge in [0.2, 0.25) is 5.91 Å². The zero-order chi connectivity index (χ0) is 21.9. The van der Waals surface area contributed by atoms with Crippen molar-refractivity contribution in [1.82, 2.24) is 19.8 Å². The van der Waals surface area contributed by atoms with Crippen LogP contribution in [0.15, 0.2) is 67.0 Å². The molecule has 5 rings (SSSR count). The van der Waals surface area contributed by atoms with Crippen LogP contribution in [0.2, 0.25) is 0 Å². The van der Waals surface area contributed by atoms with Crippen molar-refractivity contribution in [2.24, 2.45) is 5.92 Å². The molecule has 162 valence electrons. The van der Waals surface area contributed by atoms with Crippen LogP contribution in [0.3, 0.4) is 0 Å². The van der Waals surface area contributed by atoms with E-state index in [1.54, 1.807) is 10.8 Å². The maximum absolute atomic E-state index is 12.8. The van der Waals surface area contributed by atoms with Gasteiger partial charge < -0.3 is 15.0 Å². The summed E-state index contributed by atoms with van der Waals surface area (Å²) in [5.74, 6) is 2.44. The molecule has 1 amide bonds. The second kappa shape index (κ2) is 8.66. The van der Waals surface area contributed by atoms with Crippen molar-refractivity contribution in [2.45, 2.75) is 19.8 Å². The number of nitrogens with one attached hydrogen (secondary N) is 1. The molecule has 0 spiro atoms. The Labute approximate surface area is 185 Å². The van der Waals surface area contributed by atoms with Gasteiger partial charge in [-0.05, 0) is 73.9 Å². The van der Waals surface area contributed by atoms with Gasteiger partial charge in [0.15, 0.2) is 5.65 Å². The van der Waals surface area contributed by atoms with E-state index in [-0.39, 0.29) is 11.8 Å². The Morgan fingerprint density at radius 2 is 1.84 bits per heavy atom. The molecule has 8 heteroatoms. The summed E-state index contributed by atoms with van der Waals surface area (Å²) in [6, 6.07) is 19.2. The number of aromatic nitrogens is 4. The number of amides is 1. The summed E-state index contributed by atoms with van der Waals surface area (Å²) in [5.41, 5.74) is 2.64. The van der Waals surface area contributed by atoms with Gasteiger partial charge in [0.1, 0.15) is 23.6 Å². The molecule has 2 aromatic carbocycles. The third kappa shape index (κ3) is 4.39. The highest BCUT2D eigenvalue weighted by molar-refractivity contribution is 5.92.